The van der Waals surface area contributed by atoms with Gasteiger partial charge < -0.3 is 11.1 Å². The number of primary amides is 1. The Morgan fingerprint density at radius 1 is 1.42 bits per heavy atom. The van der Waals surface area contributed by atoms with Crippen LogP contribution in [0.5, 0.6) is 0 Å². The number of nitrogens with one attached hydrogen (secondary N) is 1. The van der Waals surface area contributed by atoms with Crippen molar-refractivity contribution < 1.29 is 9.59 Å². The van der Waals surface area contributed by atoms with Crippen molar-refractivity contribution >= 4 is 17.6 Å². The van der Waals surface area contributed by atoms with E-state index in [0.717, 1.165) is 0 Å². The summed E-state index contributed by atoms with van der Waals surface area (Å²) < 4.78 is 0. The van der Waals surface area contributed by atoms with Crippen molar-refractivity contribution in [1.82, 2.24) is 4.98 Å². The minimum atomic E-state index is -1.03. The molecule has 0 bridgehead atoms. The van der Waals surface area contributed by atoms with E-state index in [1.165, 1.54) is 6.20 Å². The molecule has 5 heteroatoms. The number of aromatic nitrogens is 1. The van der Waals surface area contributed by atoms with Crippen molar-refractivity contribution in [2.45, 2.75) is 0 Å². The van der Waals surface area contributed by atoms with Gasteiger partial charge in [0.2, 0.25) is 0 Å². The molecule has 0 saturated heterocycles. The highest BCUT2D eigenvalue weighted by atomic mass is 16.2. The molecule has 1 heterocycles. The van der Waals surface area contributed by atoms with Crippen LogP contribution in [0, 0.1) is 0 Å². The summed E-state index contributed by atoms with van der Waals surface area (Å²) in [7, 11) is 0. The Morgan fingerprint density at radius 2 is 2.17 bits per heavy atom. The van der Waals surface area contributed by atoms with E-state index in [0.29, 0.717) is 5.82 Å². The number of rotatable bonds is 1. The first-order valence-corrected chi connectivity index (χ1v) is 3.22. The van der Waals surface area contributed by atoms with Gasteiger partial charge in [-0.2, -0.15) is 0 Å². The lowest BCUT2D eigenvalue weighted by Crippen LogP contribution is -2.29. The third-order valence-corrected chi connectivity index (χ3v) is 1.13. The van der Waals surface area contributed by atoms with Gasteiger partial charge in [-0.1, -0.05) is 6.07 Å². The summed E-state index contributed by atoms with van der Waals surface area (Å²) in [5, 5.41) is 2.22. The molecule has 0 aliphatic heterocycles. The quantitative estimate of drug-likeness (QED) is 0.550. The van der Waals surface area contributed by atoms with Crippen molar-refractivity contribution in [1.29, 1.82) is 0 Å². The molecule has 1 rings (SSSR count). The maximum Gasteiger partial charge on any atom is 0.314 e. The predicted molar refractivity (Wildman–Crippen MR) is 42.1 cm³/mol. The molecule has 1 aromatic heterocycles. The Balaban J connectivity index is 2.65. The number of pyridine rings is 1. The van der Waals surface area contributed by atoms with Crippen molar-refractivity contribution in [2.24, 2.45) is 5.73 Å². The van der Waals surface area contributed by atoms with Crippen LogP contribution >= 0.6 is 0 Å². The van der Waals surface area contributed by atoms with Crippen LogP contribution in [0.15, 0.2) is 24.4 Å². The monoisotopic (exact) mass is 165 g/mol. The maximum atomic E-state index is 10.7. The average Bonchev–Trinajstić information content (AvgIpc) is 2.06. The predicted octanol–water partition coefficient (Wildman–Crippen LogP) is -0.495. The summed E-state index contributed by atoms with van der Waals surface area (Å²) in [6.07, 6.45) is 1.50. The summed E-state index contributed by atoms with van der Waals surface area (Å²) in [5.41, 5.74) is 4.71. The highest BCUT2D eigenvalue weighted by Crippen LogP contribution is 1.98. The number of hydrogen-bond acceptors (Lipinski definition) is 3. The summed E-state index contributed by atoms with van der Waals surface area (Å²) in [4.78, 5) is 24.7. The normalized spacial score (nSPS) is 9.00. The van der Waals surface area contributed by atoms with Crippen LogP contribution in [0.2, 0.25) is 0 Å². The molecule has 0 radical (unpaired) electrons. The van der Waals surface area contributed by atoms with E-state index < -0.39 is 11.8 Å². The standard InChI is InChI=1S/C7H7N3O2/c8-6(11)7(12)10-5-3-1-2-4-9-5/h1-4H,(H2,8,11)(H,9,10,12). The minimum Gasteiger partial charge on any atom is -0.361 e. The minimum absolute atomic E-state index is 0.307. The molecular formula is C7H7N3O2. The Morgan fingerprint density at radius 3 is 2.67 bits per heavy atom. The molecule has 62 valence electrons. The first kappa shape index (κ1) is 8.19. The van der Waals surface area contributed by atoms with E-state index in [1.54, 1.807) is 18.2 Å². The van der Waals surface area contributed by atoms with Gasteiger partial charge >= 0.3 is 11.8 Å². The van der Waals surface area contributed by atoms with Gasteiger partial charge in [0.05, 0.1) is 0 Å². The number of anilines is 1. The molecule has 0 saturated carbocycles. The summed E-state index contributed by atoms with van der Waals surface area (Å²) in [6.45, 7) is 0. The number of nitrogens with zero attached hydrogens (tertiary/aromatic N) is 1. The van der Waals surface area contributed by atoms with Gasteiger partial charge in [-0.15, -0.1) is 0 Å². The highest BCUT2D eigenvalue weighted by molar-refractivity contribution is 6.38. The molecule has 0 aliphatic carbocycles. The first-order valence-electron chi connectivity index (χ1n) is 3.22. The van der Waals surface area contributed by atoms with Crippen LogP contribution in [0.3, 0.4) is 0 Å². The molecule has 0 fully saturated rings. The second-order valence-corrected chi connectivity index (χ2v) is 2.03. The highest BCUT2D eigenvalue weighted by Gasteiger charge is 2.07. The maximum absolute atomic E-state index is 10.7. The Bertz CT molecular complexity index is 297. The summed E-state index contributed by atoms with van der Waals surface area (Å²) in [6, 6.07) is 4.93. The lowest BCUT2D eigenvalue weighted by atomic mass is 10.4. The lowest BCUT2D eigenvalue weighted by molar-refractivity contribution is -0.134. The Kier molecular flexibility index (Phi) is 2.37. The van der Waals surface area contributed by atoms with Gasteiger partial charge in [-0.25, -0.2) is 4.98 Å². The topological polar surface area (TPSA) is 85.1 Å². The zero-order valence-electron chi connectivity index (χ0n) is 6.15. The molecule has 1 aromatic rings. The van der Waals surface area contributed by atoms with Crippen molar-refractivity contribution in [3.63, 3.8) is 0 Å². The molecule has 0 unspecified atom stereocenters. The van der Waals surface area contributed by atoms with Gasteiger partial charge in [0.25, 0.3) is 0 Å². The van der Waals surface area contributed by atoms with E-state index in [9.17, 15) is 9.59 Å². The van der Waals surface area contributed by atoms with Crippen molar-refractivity contribution in [3.8, 4) is 0 Å². The van der Waals surface area contributed by atoms with E-state index in [1.807, 2.05) is 0 Å². The fraction of sp³-hybridized carbons (Fsp3) is 0. The second-order valence-electron chi connectivity index (χ2n) is 2.03. The first-order chi connectivity index (χ1) is 5.70. The molecule has 2 amide bonds. The second kappa shape index (κ2) is 3.47. The van der Waals surface area contributed by atoms with Crippen LogP contribution in [-0.2, 0) is 9.59 Å². The number of carbonyl (C=O) groups is 2. The molecule has 0 atom stereocenters. The Labute approximate surface area is 68.6 Å². The number of amides is 2. The van der Waals surface area contributed by atoms with Gasteiger partial charge in [0.15, 0.2) is 0 Å². The largest absolute Gasteiger partial charge is 0.361 e. The molecule has 0 spiro atoms. The van der Waals surface area contributed by atoms with E-state index in [-0.39, 0.29) is 0 Å². The van der Waals surface area contributed by atoms with Gasteiger partial charge in [-0.3, -0.25) is 9.59 Å². The number of carbonyl (C=O) groups excluding carboxylic acids is 2. The van der Waals surface area contributed by atoms with E-state index in [4.69, 9.17) is 5.73 Å². The molecule has 12 heavy (non-hydrogen) atoms. The smallest absolute Gasteiger partial charge is 0.314 e. The fourth-order valence-electron chi connectivity index (χ4n) is 0.615. The molecule has 5 nitrogen and oxygen atoms in total. The van der Waals surface area contributed by atoms with Gasteiger partial charge in [-0.05, 0) is 12.1 Å². The molecular weight excluding hydrogens is 158 g/mol. The van der Waals surface area contributed by atoms with Crippen LogP contribution < -0.4 is 11.1 Å². The van der Waals surface area contributed by atoms with E-state index in [2.05, 4.69) is 10.3 Å². The third-order valence-electron chi connectivity index (χ3n) is 1.13. The van der Waals surface area contributed by atoms with Crippen molar-refractivity contribution in [2.75, 3.05) is 5.32 Å². The van der Waals surface area contributed by atoms with Gasteiger partial charge in [0.1, 0.15) is 5.82 Å². The van der Waals surface area contributed by atoms with Crippen LogP contribution in [-0.4, -0.2) is 16.8 Å². The zero-order chi connectivity index (χ0) is 8.97. The average molecular weight is 165 g/mol. The molecule has 3 N–H and O–H groups in total. The zero-order valence-corrected chi connectivity index (χ0v) is 6.15. The fourth-order valence-corrected chi connectivity index (χ4v) is 0.615. The SMILES string of the molecule is NC(=O)C(=O)Nc1ccccn1. The lowest BCUT2D eigenvalue weighted by Gasteiger charge is -1.98. The number of hydrogen-bond donors (Lipinski definition) is 2. The van der Waals surface area contributed by atoms with Crippen LogP contribution in [0.4, 0.5) is 5.82 Å². The van der Waals surface area contributed by atoms with E-state index >= 15 is 0 Å². The summed E-state index contributed by atoms with van der Waals surface area (Å²) in [5.74, 6) is -1.59. The Hall–Kier alpha value is -1.91. The third kappa shape index (κ3) is 2.05. The molecule has 0 aromatic carbocycles. The molecule has 0 aliphatic rings. The van der Waals surface area contributed by atoms with Crippen molar-refractivity contribution in [3.05, 3.63) is 24.4 Å². The van der Waals surface area contributed by atoms with Crippen LogP contribution in [0.25, 0.3) is 0 Å². The summed E-state index contributed by atoms with van der Waals surface area (Å²) >= 11 is 0. The van der Waals surface area contributed by atoms with Crippen LogP contribution in [0.1, 0.15) is 0 Å². The van der Waals surface area contributed by atoms with Gasteiger partial charge in [0, 0.05) is 6.20 Å². The number of nitrogens with two attached hydrogens (primary N) is 1.